The Hall–Kier alpha value is -1.37. The fourth-order valence-electron chi connectivity index (χ4n) is 0.755. The lowest BCUT2D eigenvalue weighted by Crippen LogP contribution is -2.45. The average Bonchev–Trinajstić information content (AvgIpc) is 2.24. The lowest BCUT2D eigenvalue weighted by atomic mass is 10.3. The molecule has 0 aromatic carbocycles. The summed E-state index contributed by atoms with van der Waals surface area (Å²) in [5, 5.41) is 5.27. The van der Waals surface area contributed by atoms with Crippen LogP contribution in [-0.4, -0.2) is 42.6 Å². The number of nitrogens with zero attached hydrogens (tertiary/aromatic N) is 2. The van der Waals surface area contributed by atoms with Gasteiger partial charge in [0, 0.05) is 5.88 Å². The maximum absolute atomic E-state index is 11.2. The van der Waals surface area contributed by atoms with Crippen LogP contribution in [0.25, 0.3) is 0 Å². The van der Waals surface area contributed by atoms with E-state index in [1.807, 2.05) is 0 Å². The summed E-state index contributed by atoms with van der Waals surface area (Å²) in [7, 11) is 1.19. The molecule has 0 aromatic rings. The summed E-state index contributed by atoms with van der Waals surface area (Å²) in [5.74, 6) is -0.536. The number of amides is 2. The topological polar surface area (TPSA) is 88.1 Å². The average molecular weight is 238 g/mol. The van der Waals surface area contributed by atoms with Crippen LogP contribution >= 0.6 is 11.6 Å². The van der Waals surface area contributed by atoms with Crippen molar-refractivity contribution in [2.24, 2.45) is 5.29 Å². The predicted molar refractivity (Wildman–Crippen MR) is 53.2 cm³/mol. The van der Waals surface area contributed by atoms with Crippen LogP contribution in [0, 0.1) is 4.91 Å². The Morgan fingerprint density at radius 1 is 1.60 bits per heavy atom. The fourth-order valence-corrected chi connectivity index (χ4v) is 0.915. The summed E-state index contributed by atoms with van der Waals surface area (Å²) in [6.07, 6.45) is 0. The number of halogens is 1. The number of hydrogen-bond donors (Lipinski definition) is 1. The van der Waals surface area contributed by atoms with E-state index in [2.05, 4.69) is 15.3 Å². The minimum absolute atomic E-state index is 0.0230. The van der Waals surface area contributed by atoms with Gasteiger partial charge in [-0.2, -0.15) is 5.01 Å². The highest BCUT2D eigenvalue weighted by atomic mass is 35.5. The van der Waals surface area contributed by atoms with Crippen molar-refractivity contribution in [2.45, 2.75) is 13.0 Å². The molecule has 0 radical (unpaired) electrons. The van der Waals surface area contributed by atoms with Gasteiger partial charge in [0.2, 0.25) is 0 Å². The maximum Gasteiger partial charge on any atom is 0.341 e. The fraction of sp³-hybridized carbons (Fsp3) is 0.714. The quantitative estimate of drug-likeness (QED) is 0.326. The first-order valence-corrected chi connectivity index (χ1v) is 4.65. The minimum Gasteiger partial charge on any atom is -0.467 e. The highest BCUT2D eigenvalue weighted by Gasteiger charge is 2.20. The van der Waals surface area contributed by atoms with Crippen LogP contribution in [0.4, 0.5) is 4.79 Å². The van der Waals surface area contributed by atoms with Gasteiger partial charge in [-0.1, -0.05) is 0 Å². The summed E-state index contributed by atoms with van der Waals surface area (Å²) in [6, 6.07) is -1.63. The molecule has 0 rings (SSSR count). The number of carbonyl (C=O) groups is 2. The zero-order chi connectivity index (χ0) is 11.8. The smallest absolute Gasteiger partial charge is 0.341 e. The minimum atomic E-state index is -0.845. The summed E-state index contributed by atoms with van der Waals surface area (Å²) >= 11 is 5.33. The highest BCUT2D eigenvalue weighted by molar-refractivity contribution is 6.18. The van der Waals surface area contributed by atoms with Crippen LogP contribution in [0.1, 0.15) is 6.92 Å². The molecule has 0 aliphatic rings. The predicted octanol–water partition coefficient (Wildman–Crippen LogP) is 0.480. The van der Waals surface area contributed by atoms with Gasteiger partial charge >= 0.3 is 12.0 Å². The van der Waals surface area contributed by atoms with Crippen LogP contribution in [0.2, 0.25) is 0 Å². The van der Waals surface area contributed by atoms with E-state index in [1.54, 1.807) is 0 Å². The van der Waals surface area contributed by atoms with Gasteiger partial charge in [-0.15, -0.1) is 16.5 Å². The van der Waals surface area contributed by atoms with Gasteiger partial charge < -0.3 is 10.1 Å². The second-order valence-corrected chi connectivity index (χ2v) is 2.97. The molecule has 0 saturated carbocycles. The summed E-state index contributed by atoms with van der Waals surface area (Å²) in [4.78, 5) is 32.4. The Bertz CT molecular complexity index is 248. The van der Waals surface area contributed by atoms with Crippen molar-refractivity contribution in [2.75, 3.05) is 19.5 Å². The number of carbonyl (C=O) groups excluding carboxylic acids is 2. The molecule has 7 nitrogen and oxygen atoms in total. The van der Waals surface area contributed by atoms with Crippen LogP contribution in [-0.2, 0) is 9.53 Å². The molecule has 0 unspecified atom stereocenters. The monoisotopic (exact) mass is 237 g/mol. The molecule has 0 aromatic heterocycles. The van der Waals surface area contributed by atoms with Gasteiger partial charge in [0.1, 0.15) is 6.04 Å². The van der Waals surface area contributed by atoms with E-state index in [0.717, 1.165) is 0 Å². The van der Waals surface area contributed by atoms with Crippen molar-refractivity contribution < 1.29 is 14.3 Å². The standard InChI is InChI=1S/C7H12ClN3O4/c1-5(6(12)15-2)9-7(13)11(10-14)4-3-8/h5H,3-4H2,1-2H3,(H,9,13)/t5-/m0/s1. The number of rotatable bonds is 5. The number of urea groups is 1. The molecule has 15 heavy (non-hydrogen) atoms. The van der Waals surface area contributed by atoms with E-state index in [-0.39, 0.29) is 12.4 Å². The van der Waals surface area contributed by atoms with Crippen molar-refractivity contribution in [1.82, 2.24) is 10.3 Å². The lowest BCUT2D eigenvalue weighted by molar-refractivity contribution is -0.142. The number of nitrogens with one attached hydrogen (secondary N) is 1. The van der Waals surface area contributed by atoms with Crippen molar-refractivity contribution >= 4 is 23.6 Å². The van der Waals surface area contributed by atoms with Gasteiger partial charge in [0.15, 0.2) is 0 Å². The van der Waals surface area contributed by atoms with Crippen molar-refractivity contribution in [3.05, 3.63) is 4.91 Å². The largest absolute Gasteiger partial charge is 0.467 e. The van der Waals surface area contributed by atoms with Crippen LogP contribution < -0.4 is 5.32 Å². The molecule has 0 saturated heterocycles. The molecule has 2 amide bonds. The van der Waals surface area contributed by atoms with Crippen LogP contribution in [0.15, 0.2) is 5.29 Å². The Kier molecular flexibility index (Phi) is 6.35. The molecule has 0 spiro atoms. The maximum atomic E-state index is 11.2. The number of alkyl halides is 1. The SMILES string of the molecule is COC(=O)[C@H](C)NC(=O)N(CCCl)N=O. The van der Waals surface area contributed by atoms with Crippen LogP contribution in [0.3, 0.4) is 0 Å². The zero-order valence-electron chi connectivity index (χ0n) is 8.40. The third-order valence-electron chi connectivity index (χ3n) is 1.52. The summed E-state index contributed by atoms with van der Waals surface area (Å²) in [5.41, 5.74) is 0. The Balaban J connectivity index is 4.21. The van der Waals surface area contributed by atoms with Crippen LogP contribution in [0.5, 0.6) is 0 Å². The van der Waals surface area contributed by atoms with E-state index < -0.39 is 18.0 Å². The number of hydrogen-bond acceptors (Lipinski definition) is 5. The Labute approximate surface area is 91.6 Å². The van der Waals surface area contributed by atoms with E-state index in [1.165, 1.54) is 14.0 Å². The number of methoxy groups -OCH3 is 1. The second kappa shape index (κ2) is 6.99. The van der Waals surface area contributed by atoms with Gasteiger partial charge in [-0.25, -0.2) is 9.59 Å². The molecule has 0 bridgehead atoms. The normalized spacial score (nSPS) is 11.4. The molecule has 0 heterocycles. The zero-order valence-corrected chi connectivity index (χ0v) is 9.15. The van der Waals surface area contributed by atoms with E-state index in [9.17, 15) is 14.5 Å². The van der Waals surface area contributed by atoms with Gasteiger partial charge in [-0.05, 0) is 6.92 Å². The van der Waals surface area contributed by atoms with Crippen molar-refractivity contribution in [3.63, 3.8) is 0 Å². The molecule has 0 fully saturated rings. The third kappa shape index (κ3) is 4.59. The van der Waals surface area contributed by atoms with Gasteiger partial charge in [0.05, 0.1) is 18.9 Å². The Morgan fingerprint density at radius 2 is 2.20 bits per heavy atom. The van der Waals surface area contributed by atoms with Crippen molar-refractivity contribution in [3.8, 4) is 0 Å². The molecule has 1 N–H and O–H groups in total. The first kappa shape index (κ1) is 13.6. The van der Waals surface area contributed by atoms with Gasteiger partial charge in [-0.3, -0.25) is 0 Å². The first-order valence-electron chi connectivity index (χ1n) is 4.11. The lowest BCUT2D eigenvalue weighted by Gasteiger charge is -2.16. The van der Waals surface area contributed by atoms with E-state index >= 15 is 0 Å². The first-order chi connectivity index (χ1) is 7.06. The molecule has 86 valence electrons. The third-order valence-corrected chi connectivity index (χ3v) is 1.69. The van der Waals surface area contributed by atoms with Crippen molar-refractivity contribution in [1.29, 1.82) is 0 Å². The molecule has 1 atom stereocenters. The number of nitroso groups, excluding NO2 is 1. The molecule has 0 aliphatic heterocycles. The summed E-state index contributed by atoms with van der Waals surface area (Å²) in [6.45, 7) is 1.40. The van der Waals surface area contributed by atoms with E-state index in [0.29, 0.717) is 5.01 Å². The number of ether oxygens (including phenoxy) is 1. The molecule has 0 aliphatic carbocycles. The molecule has 8 heteroatoms. The molecular weight excluding hydrogens is 226 g/mol. The summed E-state index contributed by atoms with van der Waals surface area (Å²) < 4.78 is 4.38. The second-order valence-electron chi connectivity index (χ2n) is 2.59. The Morgan fingerprint density at radius 3 is 2.60 bits per heavy atom. The highest BCUT2D eigenvalue weighted by Crippen LogP contribution is 1.94. The number of esters is 1. The molecular formula is C7H12ClN3O4. The van der Waals surface area contributed by atoms with E-state index in [4.69, 9.17) is 11.6 Å². The van der Waals surface area contributed by atoms with Gasteiger partial charge in [0.25, 0.3) is 0 Å².